The number of hydrogen-bond acceptors (Lipinski definition) is 5. The highest BCUT2D eigenvalue weighted by molar-refractivity contribution is 5.95. The number of rotatable bonds is 6. The molecule has 1 saturated heterocycles. The molecule has 0 spiro atoms. The number of nitrogens with one attached hydrogen (secondary N) is 1. The Morgan fingerprint density at radius 3 is 1.92 bits per heavy atom. The van der Waals surface area contributed by atoms with Crippen LogP contribution < -0.4 is 15.0 Å². The van der Waals surface area contributed by atoms with Gasteiger partial charge in [-0.15, -0.1) is 0 Å². The van der Waals surface area contributed by atoms with Crippen LogP contribution in [-0.4, -0.2) is 42.6 Å². The molecular weight excluding hydrogens is 480 g/mol. The third-order valence-electron chi connectivity index (χ3n) is 6.22. The molecule has 0 bridgehead atoms. The molecule has 7 nitrogen and oxygen atoms in total. The van der Waals surface area contributed by atoms with Gasteiger partial charge in [-0.3, -0.25) is 9.59 Å². The number of carboxylic acids is 1. The zero-order chi connectivity index (χ0) is 27.7. The summed E-state index contributed by atoms with van der Waals surface area (Å²) in [6, 6.07) is 22.3. The lowest BCUT2D eigenvalue weighted by atomic mass is 9.87. The van der Waals surface area contributed by atoms with Crippen LogP contribution in [-0.2, 0) is 10.2 Å². The van der Waals surface area contributed by atoms with Crippen LogP contribution in [0.2, 0.25) is 0 Å². The van der Waals surface area contributed by atoms with Gasteiger partial charge in [0.05, 0.1) is 5.56 Å². The summed E-state index contributed by atoms with van der Waals surface area (Å²) in [5.41, 5.74) is 4.55. The van der Waals surface area contributed by atoms with Crippen molar-refractivity contribution in [2.24, 2.45) is 0 Å². The number of aryl methyl sites for hydroxylation is 1. The first-order valence-electron chi connectivity index (χ1n) is 12.8. The molecule has 3 aromatic rings. The number of esters is 1. The third-order valence-corrected chi connectivity index (χ3v) is 6.22. The zero-order valence-electron chi connectivity index (χ0n) is 22.5. The van der Waals surface area contributed by atoms with E-state index in [4.69, 9.17) is 9.84 Å². The Morgan fingerprint density at radius 2 is 1.39 bits per heavy atom. The second kappa shape index (κ2) is 12.9. The molecule has 38 heavy (non-hydrogen) atoms. The molecule has 1 fully saturated rings. The molecule has 1 amide bonds. The van der Waals surface area contributed by atoms with Crippen LogP contribution >= 0.6 is 0 Å². The maximum atomic E-state index is 12.1. The van der Waals surface area contributed by atoms with Gasteiger partial charge in [0.1, 0.15) is 12.3 Å². The van der Waals surface area contributed by atoms with Gasteiger partial charge in [0.15, 0.2) is 0 Å². The number of nitrogens with zero attached hydrogens (tertiary/aromatic N) is 1. The highest BCUT2D eigenvalue weighted by atomic mass is 16.5. The van der Waals surface area contributed by atoms with E-state index in [1.165, 1.54) is 18.5 Å². The van der Waals surface area contributed by atoms with Crippen LogP contribution in [0, 0.1) is 6.92 Å². The predicted molar refractivity (Wildman–Crippen MR) is 149 cm³/mol. The Hall–Kier alpha value is -4.13. The third kappa shape index (κ3) is 8.47. The van der Waals surface area contributed by atoms with Gasteiger partial charge in [-0.1, -0.05) is 50.6 Å². The van der Waals surface area contributed by atoms with Crippen molar-refractivity contribution < 1.29 is 24.2 Å². The largest absolute Gasteiger partial charge is 0.480 e. The molecule has 1 aliphatic rings. The molecule has 0 radical (unpaired) electrons. The van der Waals surface area contributed by atoms with Crippen molar-refractivity contribution in [2.75, 3.05) is 24.5 Å². The summed E-state index contributed by atoms with van der Waals surface area (Å²) in [5.74, 6) is -1.15. The van der Waals surface area contributed by atoms with Gasteiger partial charge in [0.2, 0.25) is 0 Å². The van der Waals surface area contributed by atoms with Crippen LogP contribution in [0.3, 0.4) is 0 Å². The molecule has 0 saturated carbocycles. The predicted octanol–water partition coefficient (Wildman–Crippen LogP) is 5.61. The maximum Gasteiger partial charge on any atom is 0.343 e. The van der Waals surface area contributed by atoms with Gasteiger partial charge in [0.25, 0.3) is 5.91 Å². The number of carboxylic acid groups (broad SMARTS) is 1. The minimum atomic E-state index is -1.05. The Balaban J connectivity index is 0.000000216. The number of amides is 1. The van der Waals surface area contributed by atoms with E-state index in [-0.39, 0.29) is 23.8 Å². The van der Waals surface area contributed by atoms with E-state index in [9.17, 15) is 14.4 Å². The summed E-state index contributed by atoms with van der Waals surface area (Å²) < 4.78 is 5.37. The number of hydrogen-bond donors (Lipinski definition) is 2. The lowest BCUT2D eigenvalue weighted by Crippen LogP contribution is -2.29. The molecule has 0 unspecified atom stereocenters. The minimum Gasteiger partial charge on any atom is -0.480 e. The van der Waals surface area contributed by atoms with Crippen molar-refractivity contribution in [1.82, 2.24) is 5.32 Å². The molecule has 1 heterocycles. The topological polar surface area (TPSA) is 95.9 Å². The lowest BCUT2D eigenvalue weighted by molar-refractivity contribution is -0.135. The first-order chi connectivity index (χ1) is 18.0. The summed E-state index contributed by atoms with van der Waals surface area (Å²) in [4.78, 5) is 36.3. The van der Waals surface area contributed by atoms with Crippen molar-refractivity contribution in [3.05, 3.63) is 95.1 Å². The Kier molecular flexibility index (Phi) is 9.66. The SMILES string of the molecule is CC(C)(C)c1ccc(C(=O)NCC(=O)O)cc1.Cc1ccc(OC(=O)c2ccc(N3CCCC3)cc2)cc1. The fraction of sp³-hybridized carbons (Fsp3) is 0.323. The zero-order valence-corrected chi connectivity index (χ0v) is 22.5. The van der Waals surface area contributed by atoms with E-state index in [2.05, 4.69) is 31.0 Å². The normalized spacial score (nSPS) is 12.8. The van der Waals surface area contributed by atoms with Gasteiger partial charge in [0, 0.05) is 24.3 Å². The molecule has 7 heteroatoms. The molecule has 0 atom stereocenters. The van der Waals surface area contributed by atoms with E-state index in [1.54, 1.807) is 12.1 Å². The number of carbonyl (C=O) groups excluding carboxylic acids is 2. The minimum absolute atomic E-state index is 0.0378. The average molecular weight is 517 g/mol. The van der Waals surface area contributed by atoms with E-state index in [0.29, 0.717) is 16.9 Å². The highest BCUT2D eigenvalue weighted by Crippen LogP contribution is 2.23. The van der Waals surface area contributed by atoms with Gasteiger partial charge >= 0.3 is 11.9 Å². The van der Waals surface area contributed by atoms with Crippen LogP contribution in [0.4, 0.5) is 5.69 Å². The van der Waals surface area contributed by atoms with Crippen LogP contribution in [0.5, 0.6) is 5.75 Å². The second-order valence-electron chi connectivity index (χ2n) is 10.3. The Bertz CT molecular complexity index is 1220. The lowest BCUT2D eigenvalue weighted by Gasteiger charge is -2.18. The Labute approximate surface area is 224 Å². The molecule has 3 aromatic carbocycles. The molecule has 2 N–H and O–H groups in total. The summed E-state index contributed by atoms with van der Waals surface area (Å²) in [7, 11) is 0. The average Bonchev–Trinajstić information content (AvgIpc) is 3.44. The van der Waals surface area contributed by atoms with E-state index in [1.807, 2.05) is 67.6 Å². The van der Waals surface area contributed by atoms with Crippen molar-refractivity contribution in [3.63, 3.8) is 0 Å². The standard InChI is InChI=1S/C18H19NO2.C13H17NO3/c1-14-4-10-17(11-5-14)21-18(20)15-6-8-16(9-7-15)19-12-2-3-13-19;1-13(2,3)10-6-4-9(5-7-10)12(17)14-8-11(15)16/h4-11H,2-3,12-13H2,1H3;4-7H,8H2,1-3H3,(H,14,17)(H,15,16). The first kappa shape index (κ1) is 28.4. The van der Waals surface area contributed by atoms with Crippen molar-refractivity contribution in [2.45, 2.75) is 46.0 Å². The number of anilines is 1. The molecule has 1 aliphatic heterocycles. The second-order valence-corrected chi connectivity index (χ2v) is 10.3. The molecular formula is C31H36N2O5. The van der Waals surface area contributed by atoms with Crippen LogP contribution in [0.15, 0.2) is 72.8 Å². The summed E-state index contributed by atoms with van der Waals surface area (Å²) in [6.07, 6.45) is 2.49. The smallest absolute Gasteiger partial charge is 0.343 e. The van der Waals surface area contributed by atoms with Crippen LogP contribution in [0.1, 0.15) is 65.5 Å². The van der Waals surface area contributed by atoms with Crippen LogP contribution in [0.25, 0.3) is 0 Å². The van der Waals surface area contributed by atoms with Crippen molar-refractivity contribution in [3.8, 4) is 5.75 Å². The van der Waals surface area contributed by atoms with Gasteiger partial charge < -0.3 is 20.1 Å². The van der Waals surface area contributed by atoms with Gasteiger partial charge in [-0.05, 0) is 79.3 Å². The van der Waals surface area contributed by atoms with Crippen molar-refractivity contribution in [1.29, 1.82) is 0 Å². The van der Waals surface area contributed by atoms with E-state index < -0.39 is 5.97 Å². The molecule has 0 aliphatic carbocycles. The van der Waals surface area contributed by atoms with E-state index in [0.717, 1.165) is 24.2 Å². The maximum absolute atomic E-state index is 12.1. The van der Waals surface area contributed by atoms with Gasteiger partial charge in [-0.25, -0.2) is 4.79 Å². The number of carbonyl (C=O) groups is 3. The van der Waals surface area contributed by atoms with E-state index >= 15 is 0 Å². The van der Waals surface area contributed by atoms with Gasteiger partial charge in [-0.2, -0.15) is 0 Å². The first-order valence-corrected chi connectivity index (χ1v) is 12.8. The van der Waals surface area contributed by atoms with Crippen molar-refractivity contribution >= 4 is 23.5 Å². The quantitative estimate of drug-likeness (QED) is 0.326. The Morgan fingerprint density at radius 1 is 0.842 bits per heavy atom. The number of benzene rings is 3. The monoisotopic (exact) mass is 516 g/mol. The fourth-order valence-corrected chi connectivity index (χ4v) is 3.94. The molecule has 0 aromatic heterocycles. The fourth-order valence-electron chi connectivity index (χ4n) is 3.94. The highest BCUT2D eigenvalue weighted by Gasteiger charge is 2.15. The summed E-state index contributed by atoms with van der Waals surface area (Å²) in [5, 5.41) is 10.8. The summed E-state index contributed by atoms with van der Waals surface area (Å²) in [6.45, 7) is 10.1. The molecule has 200 valence electrons. The number of aliphatic carboxylic acids is 1. The number of ether oxygens (including phenoxy) is 1. The summed E-state index contributed by atoms with van der Waals surface area (Å²) >= 11 is 0. The molecule has 4 rings (SSSR count).